The van der Waals surface area contributed by atoms with Crippen molar-refractivity contribution in [3.05, 3.63) is 0 Å². The standard InChI is InChI=1S/C7H13NO4/c1-2-8(5-7(11)12)4-3-6(9)10/h2-5H2,1H3,(H,9,10)(H,11,12). The van der Waals surface area contributed by atoms with Crippen LogP contribution in [0.3, 0.4) is 0 Å². The fourth-order valence-electron chi connectivity index (χ4n) is 0.794. The molecular weight excluding hydrogens is 162 g/mol. The molecule has 0 aliphatic carbocycles. The van der Waals surface area contributed by atoms with Gasteiger partial charge in [-0.25, -0.2) is 0 Å². The van der Waals surface area contributed by atoms with Crippen LogP contribution < -0.4 is 0 Å². The molecule has 0 aliphatic rings. The van der Waals surface area contributed by atoms with Gasteiger partial charge in [-0.1, -0.05) is 6.92 Å². The number of carboxylic acids is 2. The van der Waals surface area contributed by atoms with Gasteiger partial charge in [0.1, 0.15) is 0 Å². The molecule has 0 saturated carbocycles. The van der Waals surface area contributed by atoms with Crippen molar-refractivity contribution in [2.45, 2.75) is 13.3 Å². The molecule has 0 atom stereocenters. The van der Waals surface area contributed by atoms with E-state index in [0.717, 1.165) is 0 Å². The molecule has 5 heteroatoms. The highest BCUT2D eigenvalue weighted by atomic mass is 16.4. The second kappa shape index (κ2) is 5.54. The topological polar surface area (TPSA) is 77.8 Å². The van der Waals surface area contributed by atoms with Crippen LogP contribution in [0, 0.1) is 0 Å². The molecule has 70 valence electrons. The first-order valence-electron chi connectivity index (χ1n) is 3.72. The normalized spacial score (nSPS) is 10.2. The summed E-state index contributed by atoms with van der Waals surface area (Å²) < 4.78 is 0. The third kappa shape index (κ3) is 5.67. The average Bonchev–Trinajstić information content (AvgIpc) is 1.97. The molecule has 0 heterocycles. The Morgan fingerprint density at radius 2 is 1.83 bits per heavy atom. The summed E-state index contributed by atoms with van der Waals surface area (Å²) >= 11 is 0. The molecule has 0 amide bonds. The zero-order chi connectivity index (χ0) is 9.56. The van der Waals surface area contributed by atoms with Crippen LogP contribution in [0.2, 0.25) is 0 Å². The van der Waals surface area contributed by atoms with E-state index < -0.39 is 11.9 Å². The Kier molecular flexibility index (Phi) is 5.03. The molecule has 0 unspecified atom stereocenters. The molecular formula is C7H13NO4. The number of carboxylic acid groups (broad SMARTS) is 2. The minimum atomic E-state index is -0.928. The van der Waals surface area contributed by atoms with Crippen LogP contribution in [0.15, 0.2) is 0 Å². The minimum absolute atomic E-state index is 0.0128. The van der Waals surface area contributed by atoms with Crippen molar-refractivity contribution in [1.29, 1.82) is 0 Å². The van der Waals surface area contributed by atoms with Crippen molar-refractivity contribution in [3.8, 4) is 0 Å². The van der Waals surface area contributed by atoms with E-state index in [1.54, 1.807) is 11.8 Å². The van der Waals surface area contributed by atoms with Crippen molar-refractivity contribution >= 4 is 11.9 Å². The zero-order valence-corrected chi connectivity index (χ0v) is 6.99. The van der Waals surface area contributed by atoms with Crippen molar-refractivity contribution in [1.82, 2.24) is 4.90 Å². The number of likely N-dealkylation sites (N-methyl/N-ethyl adjacent to an activating group) is 1. The second-order valence-corrected chi connectivity index (χ2v) is 2.41. The maximum absolute atomic E-state index is 10.2. The van der Waals surface area contributed by atoms with Crippen molar-refractivity contribution < 1.29 is 19.8 Å². The molecule has 2 N–H and O–H groups in total. The lowest BCUT2D eigenvalue weighted by Gasteiger charge is -2.15. The van der Waals surface area contributed by atoms with Gasteiger partial charge in [0.25, 0.3) is 0 Å². The summed E-state index contributed by atoms with van der Waals surface area (Å²) in [5.41, 5.74) is 0. The van der Waals surface area contributed by atoms with E-state index in [0.29, 0.717) is 6.54 Å². The first-order valence-corrected chi connectivity index (χ1v) is 3.72. The van der Waals surface area contributed by atoms with Gasteiger partial charge in [-0.3, -0.25) is 14.5 Å². The Morgan fingerprint density at radius 1 is 1.25 bits per heavy atom. The molecule has 0 spiro atoms. The van der Waals surface area contributed by atoms with Crippen molar-refractivity contribution in [2.75, 3.05) is 19.6 Å². The van der Waals surface area contributed by atoms with Crippen LogP contribution in [0.5, 0.6) is 0 Å². The molecule has 12 heavy (non-hydrogen) atoms. The fourth-order valence-corrected chi connectivity index (χ4v) is 0.794. The highest BCUT2D eigenvalue weighted by molar-refractivity contribution is 5.69. The Labute approximate surface area is 70.6 Å². The van der Waals surface area contributed by atoms with Gasteiger partial charge >= 0.3 is 11.9 Å². The number of aliphatic carboxylic acids is 2. The van der Waals surface area contributed by atoms with Crippen LogP contribution in [0.1, 0.15) is 13.3 Å². The summed E-state index contributed by atoms with van der Waals surface area (Å²) in [6, 6.07) is 0. The summed E-state index contributed by atoms with van der Waals surface area (Å²) in [5.74, 6) is -1.83. The van der Waals surface area contributed by atoms with Crippen molar-refractivity contribution in [3.63, 3.8) is 0 Å². The smallest absolute Gasteiger partial charge is 0.317 e. The average molecular weight is 175 g/mol. The molecule has 0 rings (SSSR count). The SMILES string of the molecule is CCN(CCC(=O)O)CC(=O)O. The third-order valence-corrected chi connectivity index (χ3v) is 1.45. The number of nitrogens with zero attached hydrogens (tertiary/aromatic N) is 1. The molecule has 0 aliphatic heterocycles. The first kappa shape index (κ1) is 10.9. The molecule has 5 nitrogen and oxygen atoms in total. The summed E-state index contributed by atoms with van der Waals surface area (Å²) in [4.78, 5) is 21.9. The zero-order valence-electron chi connectivity index (χ0n) is 6.99. The van der Waals surface area contributed by atoms with E-state index >= 15 is 0 Å². The Balaban J connectivity index is 3.67. The highest BCUT2D eigenvalue weighted by Crippen LogP contribution is 1.90. The molecule has 0 aromatic rings. The molecule has 0 fully saturated rings. The lowest BCUT2D eigenvalue weighted by molar-refractivity contribution is -0.141. The quantitative estimate of drug-likeness (QED) is 0.587. The van der Waals surface area contributed by atoms with Crippen LogP contribution in [-0.4, -0.2) is 46.7 Å². The van der Waals surface area contributed by atoms with E-state index in [2.05, 4.69) is 0 Å². The number of hydrogen-bond acceptors (Lipinski definition) is 3. The molecule has 0 bridgehead atoms. The Morgan fingerprint density at radius 3 is 2.17 bits per heavy atom. The van der Waals surface area contributed by atoms with E-state index in [-0.39, 0.29) is 19.5 Å². The Bertz CT molecular complexity index is 169. The van der Waals surface area contributed by atoms with Gasteiger partial charge in [-0.15, -0.1) is 0 Å². The van der Waals surface area contributed by atoms with Gasteiger partial charge in [0.2, 0.25) is 0 Å². The molecule has 0 radical (unpaired) electrons. The molecule has 0 aromatic carbocycles. The molecule has 0 saturated heterocycles. The van der Waals surface area contributed by atoms with Gasteiger partial charge in [-0.05, 0) is 6.54 Å². The van der Waals surface area contributed by atoms with E-state index in [9.17, 15) is 9.59 Å². The third-order valence-electron chi connectivity index (χ3n) is 1.45. The van der Waals surface area contributed by atoms with Gasteiger partial charge < -0.3 is 10.2 Å². The van der Waals surface area contributed by atoms with Crippen LogP contribution in [-0.2, 0) is 9.59 Å². The van der Waals surface area contributed by atoms with Crippen LogP contribution in [0.4, 0.5) is 0 Å². The van der Waals surface area contributed by atoms with Gasteiger partial charge in [0.15, 0.2) is 0 Å². The molecule has 0 aromatic heterocycles. The van der Waals surface area contributed by atoms with E-state index in [1.807, 2.05) is 0 Å². The van der Waals surface area contributed by atoms with Crippen molar-refractivity contribution in [2.24, 2.45) is 0 Å². The largest absolute Gasteiger partial charge is 0.481 e. The summed E-state index contributed by atoms with van der Waals surface area (Å²) in [5, 5.41) is 16.7. The summed E-state index contributed by atoms with van der Waals surface area (Å²) in [6.45, 7) is 2.55. The summed E-state index contributed by atoms with van der Waals surface area (Å²) in [7, 11) is 0. The monoisotopic (exact) mass is 175 g/mol. The van der Waals surface area contributed by atoms with E-state index in [4.69, 9.17) is 10.2 Å². The lowest BCUT2D eigenvalue weighted by atomic mass is 10.4. The predicted molar refractivity (Wildman–Crippen MR) is 42.0 cm³/mol. The van der Waals surface area contributed by atoms with E-state index in [1.165, 1.54) is 0 Å². The number of rotatable bonds is 6. The second-order valence-electron chi connectivity index (χ2n) is 2.41. The first-order chi connectivity index (χ1) is 5.56. The number of carbonyl (C=O) groups is 2. The maximum atomic E-state index is 10.2. The minimum Gasteiger partial charge on any atom is -0.481 e. The fraction of sp³-hybridized carbons (Fsp3) is 0.714. The predicted octanol–water partition coefficient (Wildman–Crippen LogP) is -0.132. The number of hydrogen-bond donors (Lipinski definition) is 2. The van der Waals surface area contributed by atoms with Gasteiger partial charge in [0, 0.05) is 6.54 Å². The summed E-state index contributed by atoms with van der Waals surface area (Å²) in [6.07, 6.45) is -0.0128. The van der Waals surface area contributed by atoms with Gasteiger partial charge in [0.05, 0.1) is 13.0 Å². The highest BCUT2D eigenvalue weighted by Gasteiger charge is 2.08. The Hall–Kier alpha value is -1.10. The van der Waals surface area contributed by atoms with Gasteiger partial charge in [-0.2, -0.15) is 0 Å². The lowest BCUT2D eigenvalue weighted by Crippen LogP contribution is -2.31. The van der Waals surface area contributed by atoms with Crippen LogP contribution >= 0.6 is 0 Å². The maximum Gasteiger partial charge on any atom is 0.317 e. The van der Waals surface area contributed by atoms with Crippen LogP contribution in [0.25, 0.3) is 0 Å².